The molecular weight excluding hydrogens is 374 g/mol. The molecule has 0 amide bonds. The van der Waals surface area contributed by atoms with Gasteiger partial charge in [0, 0.05) is 24.5 Å². The Morgan fingerprint density at radius 1 is 1.31 bits per heavy atom. The summed E-state index contributed by atoms with van der Waals surface area (Å²) in [6.07, 6.45) is 0.616. The van der Waals surface area contributed by atoms with Gasteiger partial charge in [-0.1, -0.05) is 29.5 Å². The van der Waals surface area contributed by atoms with Gasteiger partial charge in [-0.25, -0.2) is 4.98 Å². The van der Waals surface area contributed by atoms with Gasteiger partial charge in [0.25, 0.3) is 5.56 Å². The third-order valence-electron chi connectivity index (χ3n) is 3.34. The maximum atomic E-state index is 12.1. The number of carbonyl (C=O) groups excluding carboxylic acids is 1. The maximum Gasteiger partial charge on any atom is 0.316 e. The largest absolute Gasteiger partial charge is 0.459 e. The van der Waals surface area contributed by atoms with Crippen LogP contribution in [-0.4, -0.2) is 40.0 Å². The smallest absolute Gasteiger partial charge is 0.316 e. The molecule has 0 N–H and O–H groups in total. The molecule has 2 aromatic heterocycles. The summed E-state index contributed by atoms with van der Waals surface area (Å²) in [5.74, 6) is -0.154. The normalized spacial score (nSPS) is 11.0. The Labute approximate surface area is 158 Å². The molecule has 0 radical (unpaired) electrons. The van der Waals surface area contributed by atoms with Crippen LogP contribution in [0, 0.1) is 0 Å². The quantitative estimate of drug-likeness (QED) is 0.430. The van der Waals surface area contributed by atoms with Crippen molar-refractivity contribution >= 4 is 34.0 Å². The number of thioether (sulfide) groups is 1. The van der Waals surface area contributed by atoms with E-state index in [2.05, 4.69) is 10.1 Å². The Bertz CT molecular complexity index is 940. The standard InChI is InChI=1S/C17H17N3O4S2/c1-23-8-7-14-19-20-15(21)9-12(18-17(20)26-14)10-24-16(22)11-25-13-5-3-2-4-6-13/h2-6,9H,7-8,10-11H2,1H3. The molecule has 9 heteroatoms. The number of hydrogen-bond acceptors (Lipinski definition) is 8. The maximum absolute atomic E-state index is 12.1. The molecule has 136 valence electrons. The second kappa shape index (κ2) is 8.93. The van der Waals surface area contributed by atoms with Crippen molar-refractivity contribution in [3.63, 3.8) is 0 Å². The first-order valence-corrected chi connectivity index (χ1v) is 9.67. The van der Waals surface area contributed by atoms with Gasteiger partial charge >= 0.3 is 5.97 Å². The van der Waals surface area contributed by atoms with Crippen LogP contribution >= 0.6 is 23.1 Å². The fraction of sp³-hybridized carbons (Fsp3) is 0.294. The van der Waals surface area contributed by atoms with Crippen LogP contribution in [0.3, 0.4) is 0 Å². The second-order valence-corrected chi connectivity index (χ2v) is 7.37. The molecule has 3 rings (SSSR count). The van der Waals surface area contributed by atoms with Crippen LogP contribution in [0.2, 0.25) is 0 Å². The molecule has 0 spiro atoms. The average molecular weight is 391 g/mol. The van der Waals surface area contributed by atoms with Gasteiger partial charge in [-0.15, -0.1) is 11.8 Å². The predicted octanol–water partition coefficient (Wildman–Crippen LogP) is 2.18. The molecule has 0 aliphatic rings. The SMILES string of the molecule is COCCc1nn2c(=O)cc(COC(=O)CSc3ccccc3)nc2s1. The third-order valence-corrected chi connectivity index (χ3v) is 5.29. The summed E-state index contributed by atoms with van der Waals surface area (Å²) < 4.78 is 11.5. The van der Waals surface area contributed by atoms with Crippen molar-refractivity contribution in [1.82, 2.24) is 14.6 Å². The van der Waals surface area contributed by atoms with Gasteiger partial charge in [0.05, 0.1) is 18.1 Å². The Kier molecular flexibility index (Phi) is 6.37. The van der Waals surface area contributed by atoms with Gasteiger partial charge in [-0.3, -0.25) is 9.59 Å². The van der Waals surface area contributed by atoms with E-state index in [1.807, 2.05) is 30.3 Å². The molecule has 0 aliphatic carbocycles. The van der Waals surface area contributed by atoms with Crippen LogP contribution in [0.15, 0.2) is 46.1 Å². The molecule has 0 fully saturated rings. The van der Waals surface area contributed by atoms with E-state index >= 15 is 0 Å². The van der Waals surface area contributed by atoms with Crippen molar-refractivity contribution in [2.75, 3.05) is 19.5 Å². The molecule has 0 unspecified atom stereocenters. The average Bonchev–Trinajstić information content (AvgIpc) is 3.07. The van der Waals surface area contributed by atoms with E-state index in [4.69, 9.17) is 9.47 Å². The van der Waals surface area contributed by atoms with Gasteiger partial charge in [0.1, 0.15) is 11.6 Å². The van der Waals surface area contributed by atoms with E-state index < -0.39 is 0 Å². The number of methoxy groups -OCH3 is 1. The molecule has 0 bridgehead atoms. The zero-order valence-corrected chi connectivity index (χ0v) is 15.7. The monoisotopic (exact) mass is 391 g/mol. The number of fused-ring (bicyclic) bond motifs is 1. The van der Waals surface area contributed by atoms with Crippen molar-refractivity contribution in [3.05, 3.63) is 57.5 Å². The topological polar surface area (TPSA) is 82.8 Å². The van der Waals surface area contributed by atoms with Crippen molar-refractivity contribution in [2.24, 2.45) is 0 Å². The third kappa shape index (κ3) is 4.90. The van der Waals surface area contributed by atoms with Gasteiger partial charge in [0.2, 0.25) is 4.96 Å². The molecule has 0 atom stereocenters. The van der Waals surface area contributed by atoms with E-state index in [1.54, 1.807) is 7.11 Å². The zero-order valence-electron chi connectivity index (χ0n) is 14.1. The first-order chi connectivity index (χ1) is 12.7. The van der Waals surface area contributed by atoms with Crippen molar-refractivity contribution < 1.29 is 14.3 Å². The summed E-state index contributed by atoms with van der Waals surface area (Å²) in [5.41, 5.74) is 0.120. The van der Waals surface area contributed by atoms with Gasteiger partial charge < -0.3 is 9.47 Å². The van der Waals surface area contributed by atoms with Crippen LogP contribution < -0.4 is 5.56 Å². The molecule has 0 saturated heterocycles. The highest BCUT2D eigenvalue weighted by atomic mass is 32.2. The highest BCUT2D eigenvalue weighted by molar-refractivity contribution is 8.00. The number of rotatable bonds is 8. The van der Waals surface area contributed by atoms with E-state index in [-0.39, 0.29) is 23.9 Å². The molecule has 26 heavy (non-hydrogen) atoms. The van der Waals surface area contributed by atoms with E-state index in [0.29, 0.717) is 23.7 Å². The Hall–Kier alpha value is -2.23. The number of aromatic nitrogens is 3. The molecule has 3 aromatic rings. The van der Waals surface area contributed by atoms with Crippen LogP contribution in [0.1, 0.15) is 10.7 Å². The lowest BCUT2D eigenvalue weighted by molar-refractivity contribution is -0.141. The fourth-order valence-electron chi connectivity index (χ4n) is 2.12. The van der Waals surface area contributed by atoms with Crippen LogP contribution in [0.4, 0.5) is 0 Å². The number of nitrogens with zero attached hydrogens (tertiary/aromatic N) is 3. The van der Waals surface area contributed by atoms with E-state index in [1.165, 1.54) is 33.7 Å². The molecule has 0 aliphatic heterocycles. The molecule has 1 aromatic carbocycles. The molecule has 7 nitrogen and oxygen atoms in total. The minimum atomic E-state index is -0.356. The van der Waals surface area contributed by atoms with Crippen molar-refractivity contribution in [3.8, 4) is 0 Å². The number of ether oxygens (including phenoxy) is 2. The lowest BCUT2D eigenvalue weighted by atomic mass is 10.4. The first kappa shape index (κ1) is 18.6. The Morgan fingerprint density at radius 2 is 2.12 bits per heavy atom. The molecule has 2 heterocycles. The highest BCUT2D eigenvalue weighted by Crippen LogP contribution is 2.17. The lowest BCUT2D eigenvalue weighted by Gasteiger charge is -2.04. The Morgan fingerprint density at radius 3 is 2.88 bits per heavy atom. The summed E-state index contributed by atoms with van der Waals surface area (Å²) in [7, 11) is 1.61. The van der Waals surface area contributed by atoms with Gasteiger partial charge in [0.15, 0.2) is 0 Å². The van der Waals surface area contributed by atoms with Gasteiger partial charge in [-0.05, 0) is 12.1 Å². The van der Waals surface area contributed by atoms with E-state index in [0.717, 1.165) is 9.90 Å². The highest BCUT2D eigenvalue weighted by Gasteiger charge is 2.11. The predicted molar refractivity (Wildman–Crippen MR) is 99.7 cm³/mol. The first-order valence-electron chi connectivity index (χ1n) is 7.87. The van der Waals surface area contributed by atoms with Crippen LogP contribution in [-0.2, 0) is 27.3 Å². The van der Waals surface area contributed by atoms with Crippen LogP contribution in [0.5, 0.6) is 0 Å². The second-order valence-electron chi connectivity index (χ2n) is 5.28. The number of esters is 1. The summed E-state index contributed by atoms with van der Waals surface area (Å²) in [5, 5.41) is 4.99. The minimum Gasteiger partial charge on any atom is -0.459 e. The summed E-state index contributed by atoms with van der Waals surface area (Å²) >= 11 is 2.72. The number of carbonyl (C=O) groups is 1. The fourth-order valence-corrected chi connectivity index (χ4v) is 3.73. The van der Waals surface area contributed by atoms with Gasteiger partial charge in [-0.2, -0.15) is 9.61 Å². The Balaban J connectivity index is 1.59. The molecule has 0 saturated carbocycles. The minimum absolute atomic E-state index is 0.0365. The number of benzene rings is 1. The summed E-state index contributed by atoms with van der Waals surface area (Å²) in [4.78, 5) is 29.8. The van der Waals surface area contributed by atoms with Crippen molar-refractivity contribution in [2.45, 2.75) is 17.9 Å². The number of hydrogen-bond donors (Lipinski definition) is 0. The summed E-state index contributed by atoms with van der Waals surface area (Å²) in [6.45, 7) is 0.489. The van der Waals surface area contributed by atoms with E-state index in [9.17, 15) is 9.59 Å². The zero-order chi connectivity index (χ0) is 18.4. The van der Waals surface area contributed by atoms with Crippen LogP contribution in [0.25, 0.3) is 4.96 Å². The lowest BCUT2D eigenvalue weighted by Crippen LogP contribution is -2.17. The molecular formula is C17H17N3O4S2. The van der Waals surface area contributed by atoms with Crippen molar-refractivity contribution in [1.29, 1.82) is 0 Å². The summed E-state index contributed by atoms with van der Waals surface area (Å²) in [6, 6.07) is 10.9.